The van der Waals surface area contributed by atoms with E-state index in [9.17, 15) is 19.6 Å². The Bertz CT molecular complexity index is 531. The molecule has 0 spiro atoms. The quantitative estimate of drug-likeness (QED) is 0.344. The van der Waals surface area contributed by atoms with Crippen molar-refractivity contribution < 1.29 is 14.4 Å². The summed E-state index contributed by atoms with van der Waals surface area (Å²) in [6.07, 6.45) is 5.42. The first-order valence-electron chi connectivity index (χ1n) is 7.01. The van der Waals surface area contributed by atoms with E-state index < -0.39 is 16.3 Å². The molecule has 1 fully saturated rings. The normalized spacial score (nSPS) is 18.0. The number of nitrogens with zero attached hydrogens (tertiary/aromatic N) is 1. The molecule has 0 bridgehead atoms. The molecule has 2 N–H and O–H groups in total. The van der Waals surface area contributed by atoms with E-state index in [2.05, 4.69) is 5.32 Å². The van der Waals surface area contributed by atoms with Crippen LogP contribution in [0, 0.1) is 19.5 Å². The van der Waals surface area contributed by atoms with Crippen LogP contribution in [0.3, 0.4) is 0 Å². The van der Waals surface area contributed by atoms with Crippen LogP contribution in [0.4, 0.5) is 15.8 Å². The van der Waals surface area contributed by atoms with E-state index in [0.717, 1.165) is 31.7 Å². The predicted octanol–water partition coefficient (Wildman–Crippen LogP) is 3.84. The van der Waals surface area contributed by atoms with Gasteiger partial charge < -0.3 is 10.4 Å². The molecule has 0 aromatic heterocycles. The molecule has 0 radical (unpaired) electrons. The highest BCUT2D eigenvalue weighted by Gasteiger charge is 2.29. The molecular weight excluding hydrogens is 390 g/mol. The molecule has 21 heavy (non-hydrogen) atoms. The fourth-order valence-corrected chi connectivity index (χ4v) is 3.10. The van der Waals surface area contributed by atoms with Crippen LogP contribution in [-0.2, 0) is 0 Å². The van der Waals surface area contributed by atoms with Crippen LogP contribution in [0.25, 0.3) is 0 Å². The lowest BCUT2D eigenvalue weighted by atomic mass is 9.94. The summed E-state index contributed by atoms with van der Waals surface area (Å²) in [7, 11) is 0. The fraction of sp³-hybridized carbons (Fsp3) is 0.571. The molecule has 0 amide bonds. The average Bonchev–Trinajstić information content (AvgIpc) is 2.65. The number of nitro benzene ring substituents is 1. The number of aliphatic hydroxyl groups is 1. The van der Waals surface area contributed by atoms with Gasteiger partial charge in [0, 0.05) is 18.7 Å². The summed E-state index contributed by atoms with van der Waals surface area (Å²) >= 11 is 1.72. The van der Waals surface area contributed by atoms with Crippen molar-refractivity contribution in [2.45, 2.75) is 44.1 Å². The van der Waals surface area contributed by atoms with Gasteiger partial charge in [-0.25, -0.2) is 4.39 Å². The van der Waals surface area contributed by atoms with Gasteiger partial charge in [0.25, 0.3) is 5.69 Å². The smallest absolute Gasteiger partial charge is 0.293 e. The van der Waals surface area contributed by atoms with Gasteiger partial charge in [0.1, 0.15) is 11.5 Å². The van der Waals surface area contributed by atoms with Gasteiger partial charge in [-0.1, -0.05) is 25.7 Å². The van der Waals surface area contributed by atoms with Gasteiger partial charge in [0.2, 0.25) is 0 Å². The first-order chi connectivity index (χ1) is 9.91. The van der Waals surface area contributed by atoms with Crippen molar-refractivity contribution in [3.63, 3.8) is 0 Å². The van der Waals surface area contributed by atoms with Gasteiger partial charge in [-0.15, -0.1) is 0 Å². The molecule has 0 saturated heterocycles. The second-order valence-electron chi connectivity index (χ2n) is 5.53. The summed E-state index contributed by atoms with van der Waals surface area (Å²) in [5, 5.41) is 24.5. The average molecular weight is 408 g/mol. The van der Waals surface area contributed by atoms with Crippen molar-refractivity contribution >= 4 is 34.0 Å². The highest BCUT2D eigenvalue weighted by molar-refractivity contribution is 14.1. The lowest BCUT2D eigenvalue weighted by molar-refractivity contribution is -0.384. The summed E-state index contributed by atoms with van der Waals surface area (Å²) in [5.41, 5.74) is -0.919. The molecule has 2 rings (SSSR count). The van der Waals surface area contributed by atoms with Gasteiger partial charge in [-0.3, -0.25) is 10.1 Å². The zero-order chi connectivity index (χ0) is 15.5. The van der Waals surface area contributed by atoms with E-state index >= 15 is 0 Å². The van der Waals surface area contributed by atoms with Gasteiger partial charge in [0.05, 0.1) is 14.1 Å². The van der Waals surface area contributed by atoms with Gasteiger partial charge in [0.15, 0.2) is 0 Å². The van der Waals surface area contributed by atoms with E-state index in [0.29, 0.717) is 12.8 Å². The van der Waals surface area contributed by atoms with Crippen LogP contribution in [-0.4, -0.2) is 22.2 Å². The van der Waals surface area contributed by atoms with Crippen LogP contribution in [0.2, 0.25) is 0 Å². The predicted molar refractivity (Wildman–Crippen MR) is 86.9 cm³/mol. The topological polar surface area (TPSA) is 75.4 Å². The number of rotatable bonds is 4. The molecule has 0 aliphatic heterocycles. The van der Waals surface area contributed by atoms with E-state index in [1.165, 1.54) is 6.07 Å². The third-order valence-corrected chi connectivity index (χ3v) is 4.70. The minimum atomic E-state index is -0.871. The first-order valence-corrected chi connectivity index (χ1v) is 8.09. The minimum Gasteiger partial charge on any atom is -0.388 e. The number of halogens is 2. The van der Waals surface area contributed by atoms with Crippen LogP contribution < -0.4 is 5.32 Å². The van der Waals surface area contributed by atoms with Crippen molar-refractivity contribution in [2.24, 2.45) is 0 Å². The summed E-state index contributed by atoms with van der Waals surface area (Å²) in [5.74, 6) is -0.503. The van der Waals surface area contributed by atoms with Crippen molar-refractivity contribution in [1.29, 1.82) is 0 Å². The number of hydrogen-bond acceptors (Lipinski definition) is 4. The molecule has 0 heterocycles. The highest BCUT2D eigenvalue weighted by atomic mass is 127. The molecule has 1 aliphatic rings. The van der Waals surface area contributed by atoms with E-state index in [4.69, 9.17) is 0 Å². The van der Waals surface area contributed by atoms with Crippen molar-refractivity contribution in [3.8, 4) is 0 Å². The zero-order valence-corrected chi connectivity index (χ0v) is 13.7. The molecule has 1 aromatic carbocycles. The van der Waals surface area contributed by atoms with Gasteiger partial charge in [-0.05, 0) is 35.4 Å². The Morgan fingerprint density at radius 3 is 2.52 bits per heavy atom. The van der Waals surface area contributed by atoms with E-state index in [-0.39, 0.29) is 21.5 Å². The van der Waals surface area contributed by atoms with Crippen LogP contribution in [0.5, 0.6) is 0 Å². The third-order valence-electron chi connectivity index (χ3n) is 3.88. The maximum absolute atomic E-state index is 13.6. The summed E-state index contributed by atoms with van der Waals surface area (Å²) in [6, 6.07) is 2.33. The number of hydrogen-bond donors (Lipinski definition) is 2. The standard InChI is InChI=1S/C14H18FIN2O3/c15-10-7-12(13(18(20)21)8-11(10)16)17-9-14(19)5-3-1-2-4-6-14/h7-8,17,19H,1-6,9H2. The summed E-state index contributed by atoms with van der Waals surface area (Å²) in [6.45, 7) is 0.202. The lowest BCUT2D eigenvalue weighted by Gasteiger charge is -2.27. The van der Waals surface area contributed by atoms with Gasteiger partial charge >= 0.3 is 0 Å². The lowest BCUT2D eigenvalue weighted by Crippen LogP contribution is -2.36. The second-order valence-corrected chi connectivity index (χ2v) is 6.69. The van der Waals surface area contributed by atoms with Crippen LogP contribution in [0.1, 0.15) is 38.5 Å². The Labute approximate surface area is 136 Å². The molecule has 5 nitrogen and oxygen atoms in total. The molecule has 0 unspecified atom stereocenters. The Morgan fingerprint density at radius 1 is 1.33 bits per heavy atom. The number of nitro groups is 1. The molecule has 0 atom stereocenters. The number of nitrogens with one attached hydrogen (secondary N) is 1. The summed E-state index contributed by atoms with van der Waals surface area (Å²) < 4.78 is 13.8. The van der Waals surface area contributed by atoms with Crippen molar-refractivity contribution in [2.75, 3.05) is 11.9 Å². The molecule has 1 aromatic rings. The third kappa shape index (κ3) is 4.26. The maximum Gasteiger partial charge on any atom is 0.293 e. The molecule has 1 saturated carbocycles. The van der Waals surface area contributed by atoms with Crippen LogP contribution >= 0.6 is 22.6 Å². The minimum absolute atomic E-state index is 0.121. The van der Waals surface area contributed by atoms with Crippen LogP contribution in [0.15, 0.2) is 12.1 Å². The van der Waals surface area contributed by atoms with Crippen molar-refractivity contribution in [3.05, 3.63) is 31.6 Å². The van der Waals surface area contributed by atoms with Gasteiger partial charge in [-0.2, -0.15) is 0 Å². The Kier molecular flexibility index (Phi) is 5.37. The Morgan fingerprint density at radius 2 is 1.95 bits per heavy atom. The highest BCUT2D eigenvalue weighted by Crippen LogP contribution is 2.31. The van der Waals surface area contributed by atoms with Crippen molar-refractivity contribution in [1.82, 2.24) is 0 Å². The summed E-state index contributed by atoms with van der Waals surface area (Å²) in [4.78, 5) is 10.5. The maximum atomic E-state index is 13.6. The first kappa shape index (κ1) is 16.4. The fourth-order valence-electron chi connectivity index (χ4n) is 2.65. The Hall–Kier alpha value is -0.960. The largest absolute Gasteiger partial charge is 0.388 e. The number of benzene rings is 1. The number of anilines is 1. The zero-order valence-electron chi connectivity index (χ0n) is 11.6. The molecule has 7 heteroatoms. The second kappa shape index (κ2) is 6.87. The SMILES string of the molecule is O=[N+]([O-])c1cc(I)c(F)cc1NCC1(O)CCCCCC1. The Balaban J connectivity index is 2.15. The molecule has 116 valence electrons. The molecular formula is C14H18FIN2O3. The van der Waals surface area contributed by atoms with E-state index in [1.54, 1.807) is 22.6 Å². The van der Waals surface area contributed by atoms with E-state index in [1.807, 2.05) is 0 Å². The monoisotopic (exact) mass is 408 g/mol. The molecule has 1 aliphatic carbocycles.